The van der Waals surface area contributed by atoms with Crippen molar-refractivity contribution in [1.82, 2.24) is 52.3 Å². The lowest BCUT2D eigenvalue weighted by molar-refractivity contribution is -0.144. The van der Waals surface area contributed by atoms with Crippen molar-refractivity contribution in [2.45, 2.75) is 183 Å². The van der Waals surface area contributed by atoms with Crippen LogP contribution < -0.4 is 82.7 Å². The number of rotatable bonds is 42. The van der Waals surface area contributed by atoms with E-state index >= 15 is 0 Å². The monoisotopic (exact) mass is 1350 g/mol. The second-order valence-corrected chi connectivity index (χ2v) is 25.1. The summed E-state index contributed by atoms with van der Waals surface area (Å²) in [6.45, 7) is 3.86. The van der Waals surface area contributed by atoms with Crippen LogP contribution in [0.15, 0.2) is 65.7 Å². The molecule has 2 aromatic carbocycles. The topological polar surface area (TPSA) is 519 Å². The maximum Gasteiger partial charge on any atom is 0.245 e. The van der Waals surface area contributed by atoms with E-state index in [2.05, 4.69) is 47.5 Å². The third-order valence-electron chi connectivity index (χ3n) is 16.0. The molecule has 0 unspecified atom stereocenters. The molecular weight excluding hydrogens is 1250 g/mol. The molecule has 0 spiro atoms. The highest BCUT2D eigenvalue weighted by Gasteiger charge is 2.42. The average molecular weight is 1350 g/mol. The molecule has 32 heteroatoms. The van der Waals surface area contributed by atoms with E-state index in [1.165, 1.54) is 21.6 Å². The minimum Gasteiger partial charge on any atom is -0.370 e. The number of hydrogen-bond donors (Lipinski definition) is 15. The van der Waals surface area contributed by atoms with Crippen LogP contribution in [0.4, 0.5) is 0 Å². The summed E-state index contributed by atoms with van der Waals surface area (Å²) in [6, 6.07) is 4.51. The summed E-state index contributed by atoms with van der Waals surface area (Å²) in [7, 11) is 0. The van der Waals surface area contributed by atoms with Crippen LogP contribution in [0.25, 0.3) is 0 Å². The van der Waals surface area contributed by atoms with Crippen LogP contribution in [0.5, 0.6) is 0 Å². The lowest BCUT2D eigenvalue weighted by Gasteiger charge is -2.32. The first-order valence-corrected chi connectivity index (χ1v) is 33.6. The summed E-state index contributed by atoms with van der Waals surface area (Å²) in [5.41, 5.74) is 40.6. The molecule has 2 aromatic rings. The van der Waals surface area contributed by atoms with Crippen LogP contribution in [-0.4, -0.2) is 198 Å². The summed E-state index contributed by atoms with van der Waals surface area (Å²) in [5, 5.41) is 21.1. The molecule has 10 atom stereocenters. The number of nitrogens with two attached hydrogens (primary N) is 7. The number of unbranched alkanes of at least 4 members (excludes halogenated alkanes) is 1. The molecule has 2 saturated heterocycles. The lowest BCUT2D eigenvalue weighted by Crippen LogP contribution is -2.60. The van der Waals surface area contributed by atoms with E-state index in [0.717, 1.165) is 0 Å². The molecule has 31 nitrogen and oxygen atoms in total. The molecule has 524 valence electrons. The highest BCUT2D eigenvalue weighted by molar-refractivity contribution is 7.98. The van der Waals surface area contributed by atoms with Gasteiger partial charge in [-0.05, 0) is 119 Å². The van der Waals surface area contributed by atoms with E-state index in [4.69, 9.17) is 40.1 Å². The fraction of sp³-hybridized carbons (Fsp3) is 0.587. The number of thioether (sulfide) groups is 1. The Labute approximate surface area is 558 Å². The van der Waals surface area contributed by atoms with E-state index in [-0.39, 0.29) is 83.0 Å². The number of likely N-dealkylation sites (tertiary alicyclic amines) is 2. The number of carbonyl (C=O) groups excluding carboxylic acids is 13. The predicted octanol–water partition coefficient (Wildman–Crippen LogP) is -3.71. The Morgan fingerprint density at radius 3 is 1.51 bits per heavy atom. The van der Waals surface area contributed by atoms with Crippen molar-refractivity contribution >= 4 is 94.5 Å². The molecule has 13 amide bonds. The normalized spacial score (nSPS) is 16.8. The van der Waals surface area contributed by atoms with Crippen LogP contribution >= 0.6 is 11.8 Å². The number of carbonyl (C=O) groups is 13. The number of nitrogens with one attached hydrogen (secondary N) is 8. The second-order valence-electron chi connectivity index (χ2n) is 24.1. The summed E-state index contributed by atoms with van der Waals surface area (Å²) < 4.78 is 0. The van der Waals surface area contributed by atoms with Crippen molar-refractivity contribution in [3.8, 4) is 0 Å². The number of nitrogens with zero attached hydrogens (tertiary/aromatic N) is 3. The number of primary amides is 3. The Hall–Kier alpha value is -8.91. The Balaban J connectivity index is 1.56. The van der Waals surface area contributed by atoms with Gasteiger partial charge in [-0.3, -0.25) is 67.3 Å². The fourth-order valence-corrected chi connectivity index (χ4v) is 11.5. The first kappa shape index (κ1) is 78.5. The van der Waals surface area contributed by atoms with Crippen molar-refractivity contribution in [2.75, 3.05) is 44.7 Å². The lowest BCUT2D eigenvalue weighted by atomic mass is 10.0. The number of benzene rings is 2. The van der Waals surface area contributed by atoms with Crippen LogP contribution in [0.1, 0.15) is 121 Å². The second kappa shape index (κ2) is 41.0. The van der Waals surface area contributed by atoms with Crippen LogP contribution in [0.3, 0.4) is 0 Å². The van der Waals surface area contributed by atoms with Crippen molar-refractivity contribution in [2.24, 2.45) is 51.0 Å². The predicted molar refractivity (Wildman–Crippen MR) is 356 cm³/mol. The highest BCUT2D eigenvalue weighted by Crippen LogP contribution is 2.24. The van der Waals surface area contributed by atoms with Crippen molar-refractivity contribution in [1.29, 1.82) is 0 Å². The van der Waals surface area contributed by atoms with Crippen molar-refractivity contribution < 1.29 is 62.3 Å². The van der Waals surface area contributed by atoms with Gasteiger partial charge >= 0.3 is 0 Å². The minimum atomic E-state index is -1.64. The number of aliphatic imine (C=N–C) groups is 1. The van der Waals surface area contributed by atoms with Crippen LogP contribution in [0, 0.1) is 5.92 Å². The summed E-state index contributed by atoms with van der Waals surface area (Å²) >= 11 is 1.45. The quantitative estimate of drug-likeness (QED) is 0.0173. The molecule has 2 fully saturated rings. The van der Waals surface area contributed by atoms with Gasteiger partial charge in [0.1, 0.15) is 54.4 Å². The summed E-state index contributed by atoms with van der Waals surface area (Å²) in [4.78, 5) is 185. The average Bonchev–Trinajstić information content (AvgIpc) is 1.74. The van der Waals surface area contributed by atoms with Crippen LogP contribution in [-0.2, 0) is 75.2 Å². The van der Waals surface area contributed by atoms with Gasteiger partial charge in [-0.25, -0.2) is 0 Å². The van der Waals surface area contributed by atoms with Gasteiger partial charge in [-0.1, -0.05) is 74.5 Å². The molecule has 0 saturated carbocycles. The van der Waals surface area contributed by atoms with Gasteiger partial charge in [0.15, 0.2) is 5.96 Å². The molecule has 2 heterocycles. The van der Waals surface area contributed by atoms with Crippen LogP contribution in [0.2, 0.25) is 0 Å². The molecule has 2 aliphatic rings. The third kappa shape index (κ3) is 27.5. The Kier molecular flexibility index (Phi) is 33.9. The molecule has 4 rings (SSSR count). The zero-order valence-corrected chi connectivity index (χ0v) is 55.3. The molecule has 0 radical (unpaired) electrons. The van der Waals surface area contributed by atoms with Gasteiger partial charge in [-0.2, -0.15) is 11.8 Å². The smallest absolute Gasteiger partial charge is 0.245 e. The van der Waals surface area contributed by atoms with Gasteiger partial charge in [0.25, 0.3) is 0 Å². The Bertz CT molecular complexity index is 2960. The standard InChI is InChI=1S/C63H98N18O13S/c1-37(2)33-45(57(89)74-41(53(68)85)27-32-95-3)73-52(84)36-72-54(86)46(34-38-15-6-4-7-16-38)78-58(90)47(35-39-17-8-5-9-18-39)79-56(88)42(23-25-50(66)82)75-55(87)43(24-26-51(67)83)76-59(91)49-22-14-31-81(49)62(94)44(20-10-11-28-64)77-60(92)48-21-13-30-80(48)61(93)40(65)19-12-29-71-63(69)70/h4-9,15-18,37,40-49H,10-14,19-36,64-65H2,1-3H3,(H2,66,82)(H2,67,83)(H2,68,85)(H,72,86)(H,73,84)(H,74,89)(H,75,87)(H,76,91)(H,77,92)(H,78,90)(H,79,88)(H4,69,70,71)/t40-,41+,42-,43-,44-,45+,46-,47-,48-,49-/m1/s1. The fourth-order valence-electron chi connectivity index (χ4n) is 11.0. The highest BCUT2D eigenvalue weighted by atomic mass is 32.2. The van der Waals surface area contributed by atoms with Crippen molar-refractivity contribution in [3.05, 3.63) is 71.8 Å². The van der Waals surface area contributed by atoms with Gasteiger partial charge < -0.3 is 92.5 Å². The Morgan fingerprint density at radius 1 is 0.537 bits per heavy atom. The van der Waals surface area contributed by atoms with Gasteiger partial charge in [0.2, 0.25) is 76.8 Å². The van der Waals surface area contributed by atoms with E-state index in [1.54, 1.807) is 60.7 Å². The van der Waals surface area contributed by atoms with E-state index in [1.807, 2.05) is 20.1 Å². The largest absolute Gasteiger partial charge is 0.370 e. The molecule has 0 aliphatic carbocycles. The van der Waals surface area contributed by atoms with E-state index < -0.39 is 169 Å². The molecule has 0 bridgehead atoms. The first-order valence-electron chi connectivity index (χ1n) is 32.2. The molecule has 2 aliphatic heterocycles. The summed E-state index contributed by atoms with van der Waals surface area (Å²) in [5.74, 6) is -9.80. The summed E-state index contributed by atoms with van der Waals surface area (Å²) in [6.07, 6.45) is 3.12. The van der Waals surface area contributed by atoms with E-state index in [0.29, 0.717) is 55.4 Å². The van der Waals surface area contributed by atoms with Crippen molar-refractivity contribution in [3.63, 3.8) is 0 Å². The molecule has 0 aromatic heterocycles. The Morgan fingerprint density at radius 2 is 1.01 bits per heavy atom. The zero-order chi connectivity index (χ0) is 70.1. The molecule has 22 N–H and O–H groups in total. The molecule has 95 heavy (non-hydrogen) atoms. The number of guanidine groups is 1. The van der Waals surface area contributed by atoms with Gasteiger partial charge in [-0.15, -0.1) is 0 Å². The maximum absolute atomic E-state index is 14.7. The van der Waals surface area contributed by atoms with Gasteiger partial charge in [0, 0.05) is 45.3 Å². The first-order chi connectivity index (χ1) is 45.2. The number of amides is 13. The van der Waals surface area contributed by atoms with Gasteiger partial charge in [0.05, 0.1) is 12.6 Å². The minimum absolute atomic E-state index is 0.0736. The number of hydrogen-bond acceptors (Lipinski definition) is 17. The molecular formula is C63H98N18O13S. The van der Waals surface area contributed by atoms with E-state index in [9.17, 15) is 62.3 Å². The maximum atomic E-state index is 14.7. The third-order valence-corrected chi connectivity index (χ3v) is 16.7. The SMILES string of the molecule is CSCC[C@H](NC(=O)[C@H](CC(C)C)NC(=O)CNC(=O)[C@@H](Cc1ccccc1)NC(=O)[C@@H](Cc1ccccc1)NC(=O)[C@@H](CCC(N)=O)NC(=O)[C@@H](CCC(N)=O)NC(=O)[C@H]1CCCN1C(=O)[C@@H](CCCCN)NC(=O)[C@H]1CCCN1C(=O)[C@H](N)CCCN=C(N)N)C(N)=O. The zero-order valence-electron chi connectivity index (χ0n) is 54.5.